The van der Waals surface area contributed by atoms with Gasteiger partial charge in [-0.3, -0.25) is 4.79 Å². The molecule has 0 bridgehead atoms. The summed E-state index contributed by atoms with van der Waals surface area (Å²) in [7, 11) is 0. The highest BCUT2D eigenvalue weighted by Gasteiger charge is 2.83. The summed E-state index contributed by atoms with van der Waals surface area (Å²) in [5, 5.41) is 11.4. The standard InChI is InChI=1S/C17H23Cl3O4/c1-2-23-14(21)11-10-9-8-15(6-4-3-5-7-15)24-13(9)16(22,12(10)11)17(18,19)20/h9-13,22H,2-8H2,1H3/t9-,10+,11+,12+,13-,16+/m1/s1. The molecule has 4 fully saturated rings. The van der Waals surface area contributed by atoms with Crippen molar-refractivity contribution < 1.29 is 19.4 Å². The predicted octanol–water partition coefficient (Wildman–Crippen LogP) is 3.63. The van der Waals surface area contributed by atoms with Gasteiger partial charge in [-0.05, 0) is 38.0 Å². The van der Waals surface area contributed by atoms with Crippen molar-refractivity contribution in [1.82, 2.24) is 0 Å². The Morgan fingerprint density at radius 2 is 1.96 bits per heavy atom. The Morgan fingerprint density at radius 1 is 1.29 bits per heavy atom. The first-order valence-corrected chi connectivity index (χ1v) is 10.0. The topological polar surface area (TPSA) is 55.8 Å². The number of esters is 1. The number of alkyl halides is 3. The lowest BCUT2D eigenvalue weighted by atomic mass is 9.78. The van der Waals surface area contributed by atoms with Crippen molar-refractivity contribution in [2.45, 2.75) is 66.5 Å². The van der Waals surface area contributed by atoms with E-state index in [1.165, 1.54) is 6.42 Å². The van der Waals surface area contributed by atoms with Crippen LogP contribution in [0.3, 0.4) is 0 Å². The van der Waals surface area contributed by atoms with E-state index in [9.17, 15) is 9.90 Å². The van der Waals surface area contributed by atoms with Crippen molar-refractivity contribution in [2.75, 3.05) is 6.61 Å². The minimum atomic E-state index is -1.89. The molecule has 1 N–H and O–H groups in total. The molecule has 0 radical (unpaired) electrons. The quantitative estimate of drug-likeness (QED) is 0.571. The smallest absolute Gasteiger partial charge is 0.309 e. The summed E-state index contributed by atoms with van der Waals surface area (Å²) in [5.41, 5.74) is -1.85. The highest BCUT2D eigenvalue weighted by Crippen LogP contribution is 2.74. The normalized spacial score (nSPS) is 45.8. The molecule has 0 aromatic heterocycles. The largest absolute Gasteiger partial charge is 0.466 e. The molecule has 3 saturated carbocycles. The molecular formula is C17H23Cl3O4. The molecule has 0 amide bonds. The van der Waals surface area contributed by atoms with Gasteiger partial charge in [-0.1, -0.05) is 54.1 Å². The van der Waals surface area contributed by atoms with E-state index in [0.29, 0.717) is 6.61 Å². The van der Waals surface area contributed by atoms with E-state index in [-0.39, 0.29) is 35.2 Å². The summed E-state index contributed by atoms with van der Waals surface area (Å²) in [5.74, 6) is -1.00. The van der Waals surface area contributed by atoms with Gasteiger partial charge in [0.05, 0.1) is 24.2 Å². The summed E-state index contributed by atoms with van der Waals surface area (Å²) in [6, 6.07) is 0. The van der Waals surface area contributed by atoms with Crippen molar-refractivity contribution >= 4 is 40.8 Å². The molecule has 4 rings (SSSR count). The lowest BCUT2D eigenvalue weighted by molar-refractivity contribution is -0.160. The maximum atomic E-state index is 12.3. The summed E-state index contributed by atoms with van der Waals surface area (Å²) in [4.78, 5) is 12.3. The van der Waals surface area contributed by atoms with Crippen LogP contribution >= 0.6 is 34.8 Å². The van der Waals surface area contributed by atoms with E-state index in [4.69, 9.17) is 44.3 Å². The van der Waals surface area contributed by atoms with Gasteiger partial charge < -0.3 is 14.6 Å². The Labute approximate surface area is 157 Å². The second-order valence-corrected chi connectivity index (χ2v) is 10.1. The van der Waals surface area contributed by atoms with Crippen LogP contribution in [-0.4, -0.2) is 38.8 Å². The van der Waals surface area contributed by atoms with Crippen molar-refractivity contribution in [1.29, 1.82) is 0 Å². The number of aliphatic hydroxyl groups is 1. The molecular weight excluding hydrogens is 375 g/mol. The number of rotatable bonds is 2. The Bertz CT molecular complexity index is 542. The van der Waals surface area contributed by atoms with Crippen molar-refractivity contribution in [3.63, 3.8) is 0 Å². The van der Waals surface area contributed by atoms with E-state index in [1.807, 2.05) is 0 Å². The Kier molecular flexibility index (Phi) is 4.14. The number of fused-ring (bicyclic) bond motifs is 3. The Hall–Kier alpha value is 0.260. The minimum absolute atomic E-state index is 0.00373. The third-order valence-electron chi connectivity index (χ3n) is 6.66. The van der Waals surface area contributed by atoms with E-state index >= 15 is 0 Å². The molecule has 136 valence electrons. The van der Waals surface area contributed by atoms with Crippen LogP contribution in [0.25, 0.3) is 0 Å². The fourth-order valence-corrected chi connectivity index (χ4v) is 6.43. The number of carbonyl (C=O) groups is 1. The molecule has 3 aliphatic carbocycles. The average molecular weight is 398 g/mol. The van der Waals surface area contributed by atoms with Gasteiger partial charge >= 0.3 is 5.97 Å². The van der Waals surface area contributed by atoms with Crippen molar-refractivity contribution in [2.24, 2.45) is 23.7 Å². The van der Waals surface area contributed by atoms with Gasteiger partial charge in [-0.2, -0.15) is 0 Å². The van der Waals surface area contributed by atoms with E-state index in [2.05, 4.69) is 0 Å². The number of ether oxygens (including phenoxy) is 2. The van der Waals surface area contributed by atoms with Crippen LogP contribution in [0.5, 0.6) is 0 Å². The fourth-order valence-electron chi connectivity index (χ4n) is 5.73. The fraction of sp³-hybridized carbons (Fsp3) is 0.941. The minimum Gasteiger partial charge on any atom is -0.466 e. The zero-order valence-corrected chi connectivity index (χ0v) is 15.9. The zero-order valence-electron chi connectivity index (χ0n) is 13.6. The van der Waals surface area contributed by atoms with Crippen LogP contribution in [0.1, 0.15) is 45.4 Å². The molecule has 4 aliphatic rings. The van der Waals surface area contributed by atoms with Gasteiger partial charge in [0.15, 0.2) is 0 Å². The van der Waals surface area contributed by atoms with Gasteiger partial charge in [-0.25, -0.2) is 0 Å². The molecule has 1 heterocycles. The van der Waals surface area contributed by atoms with E-state index in [1.54, 1.807) is 6.92 Å². The molecule has 24 heavy (non-hydrogen) atoms. The number of hydrogen-bond donors (Lipinski definition) is 1. The summed E-state index contributed by atoms with van der Waals surface area (Å²) < 4.78 is 9.67. The molecule has 7 heteroatoms. The average Bonchev–Trinajstić information content (AvgIpc) is 3.09. The van der Waals surface area contributed by atoms with Crippen LogP contribution < -0.4 is 0 Å². The molecule has 0 unspecified atom stereocenters. The first-order valence-electron chi connectivity index (χ1n) is 8.89. The van der Waals surface area contributed by atoms with E-state index in [0.717, 1.165) is 32.1 Å². The predicted molar refractivity (Wildman–Crippen MR) is 91.1 cm³/mol. The number of carbonyl (C=O) groups excluding carboxylic acids is 1. The molecule has 1 saturated heterocycles. The third-order valence-corrected chi connectivity index (χ3v) is 7.57. The van der Waals surface area contributed by atoms with Gasteiger partial charge in [-0.15, -0.1) is 0 Å². The first-order chi connectivity index (χ1) is 11.3. The van der Waals surface area contributed by atoms with Crippen LogP contribution in [0.4, 0.5) is 0 Å². The SMILES string of the molecule is CCOC(=O)[C@H]1[C@@H]2[C@H]3CC4(CCCCC4)O[C@H]3[C@](O)(C(Cl)(Cl)Cl)[C@H]12. The van der Waals surface area contributed by atoms with Crippen LogP contribution in [0.2, 0.25) is 0 Å². The summed E-state index contributed by atoms with van der Waals surface area (Å²) in [6.45, 7) is 2.09. The Morgan fingerprint density at radius 3 is 2.54 bits per heavy atom. The number of halogens is 3. The molecule has 0 aromatic rings. The van der Waals surface area contributed by atoms with Gasteiger partial charge in [0.1, 0.15) is 5.60 Å². The summed E-state index contributed by atoms with van der Waals surface area (Å²) >= 11 is 18.6. The molecule has 0 aromatic carbocycles. The van der Waals surface area contributed by atoms with Crippen LogP contribution in [0.15, 0.2) is 0 Å². The van der Waals surface area contributed by atoms with Crippen molar-refractivity contribution in [3.05, 3.63) is 0 Å². The zero-order chi connectivity index (χ0) is 17.3. The lowest BCUT2D eigenvalue weighted by Gasteiger charge is -2.41. The molecule has 4 nitrogen and oxygen atoms in total. The molecule has 6 atom stereocenters. The summed E-state index contributed by atoms with van der Waals surface area (Å²) in [6.07, 6.45) is 5.77. The van der Waals surface area contributed by atoms with Crippen LogP contribution in [-0.2, 0) is 14.3 Å². The number of hydrogen-bond acceptors (Lipinski definition) is 4. The second-order valence-electron chi connectivity index (χ2n) is 7.85. The Balaban J connectivity index is 1.65. The van der Waals surface area contributed by atoms with Gasteiger partial charge in [0.25, 0.3) is 0 Å². The molecule has 1 spiro atoms. The second kappa shape index (κ2) is 5.63. The lowest BCUT2D eigenvalue weighted by Crippen LogP contribution is -2.55. The third kappa shape index (κ3) is 2.29. The maximum Gasteiger partial charge on any atom is 0.309 e. The highest BCUT2D eigenvalue weighted by molar-refractivity contribution is 6.68. The van der Waals surface area contributed by atoms with E-state index < -0.39 is 15.5 Å². The van der Waals surface area contributed by atoms with Gasteiger partial charge in [0.2, 0.25) is 3.79 Å². The van der Waals surface area contributed by atoms with Gasteiger partial charge in [0, 0.05) is 5.92 Å². The highest BCUT2D eigenvalue weighted by atomic mass is 35.6. The van der Waals surface area contributed by atoms with Crippen LogP contribution in [0, 0.1) is 23.7 Å². The maximum absolute atomic E-state index is 12.3. The first kappa shape index (κ1) is 17.7. The van der Waals surface area contributed by atoms with Crippen molar-refractivity contribution in [3.8, 4) is 0 Å². The molecule has 1 aliphatic heterocycles. The monoisotopic (exact) mass is 396 g/mol.